The zero-order valence-corrected chi connectivity index (χ0v) is 14.0. The van der Waals surface area contributed by atoms with Crippen molar-refractivity contribution in [3.63, 3.8) is 0 Å². The van der Waals surface area contributed by atoms with E-state index in [2.05, 4.69) is 17.2 Å². The molecule has 0 aromatic heterocycles. The van der Waals surface area contributed by atoms with Crippen LogP contribution >= 0.6 is 24.0 Å². The number of aliphatic imine (C=N–C) groups is 1. The van der Waals surface area contributed by atoms with Gasteiger partial charge in [-0.05, 0) is 31.6 Å². The smallest absolute Gasteiger partial charge is 0.188 e. The third-order valence-corrected chi connectivity index (χ3v) is 4.75. The van der Waals surface area contributed by atoms with Crippen LogP contribution in [-0.4, -0.2) is 39.0 Å². The van der Waals surface area contributed by atoms with Crippen LogP contribution in [0.3, 0.4) is 0 Å². The van der Waals surface area contributed by atoms with Crippen LogP contribution in [-0.2, 0) is 9.84 Å². The predicted octanol–water partition coefficient (Wildman–Crippen LogP) is 1.13. The van der Waals surface area contributed by atoms with Crippen molar-refractivity contribution in [1.29, 1.82) is 0 Å². The van der Waals surface area contributed by atoms with Crippen LogP contribution in [0.1, 0.15) is 32.6 Å². The third-order valence-electron chi connectivity index (χ3n) is 3.04. The molecule has 108 valence electrons. The van der Waals surface area contributed by atoms with Crippen LogP contribution in [0.5, 0.6) is 0 Å². The average Bonchev–Trinajstić information content (AvgIpc) is 2.29. The van der Waals surface area contributed by atoms with E-state index >= 15 is 0 Å². The molecule has 0 aromatic rings. The topological polar surface area (TPSA) is 84.5 Å². The van der Waals surface area contributed by atoms with Crippen molar-refractivity contribution in [3.8, 4) is 0 Å². The molecule has 0 saturated carbocycles. The Balaban J connectivity index is 0.00000289. The molecule has 0 atom stereocenters. The molecule has 7 heteroatoms. The van der Waals surface area contributed by atoms with Crippen molar-refractivity contribution in [1.82, 2.24) is 5.32 Å². The molecule has 0 radical (unpaired) electrons. The predicted molar refractivity (Wildman–Crippen MR) is 86.2 cm³/mol. The zero-order chi connectivity index (χ0) is 12.7. The largest absolute Gasteiger partial charge is 0.370 e. The fourth-order valence-corrected chi connectivity index (χ4v) is 3.51. The van der Waals surface area contributed by atoms with Gasteiger partial charge in [0.25, 0.3) is 0 Å². The third kappa shape index (κ3) is 7.40. The van der Waals surface area contributed by atoms with E-state index in [1.54, 1.807) is 0 Å². The van der Waals surface area contributed by atoms with Gasteiger partial charge < -0.3 is 11.1 Å². The lowest BCUT2D eigenvalue weighted by Gasteiger charge is -2.21. The van der Waals surface area contributed by atoms with Crippen LogP contribution in [0.25, 0.3) is 0 Å². The highest BCUT2D eigenvalue weighted by atomic mass is 127. The fourth-order valence-electron chi connectivity index (χ4n) is 1.92. The number of nitrogens with zero attached hydrogens (tertiary/aromatic N) is 1. The summed E-state index contributed by atoms with van der Waals surface area (Å²) < 4.78 is 22.5. The van der Waals surface area contributed by atoms with Crippen LogP contribution in [0, 0.1) is 5.92 Å². The first-order chi connectivity index (χ1) is 8.03. The van der Waals surface area contributed by atoms with Gasteiger partial charge in [-0.2, -0.15) is 0 Å². The molecule has 18 heavy (non-hydrogen) atoms. The Morgan fingerprint density at radius 3 is 2.56 bits per heavy atom. The van der Waals surface area contributed by atoms with Crippen molar-refractivity contribution in [3.05, 3.63) is 0 Å². The number of halogens is 1. The number of guanidine groups is 1. The molecule has 0 amide bonds. The molecule has 1 fully saturated rings. The molecule has 5 nitrogen and oxygen atoms in total. The SMILES string of the molecule is CCCN=C(N)NCCC1CCS(=O)(=O)CC1.I. The lowest BCUT2D eigenvalue weighted by molar-refractivity contribution is 0.434. The standard InChI is InChI=1S/C11H23N3O2S.HI/c1-2-6-13-11(12)14-7-3-10-4-8-17(15,16)9-5-10;/h10H,2-9H2,1H3,(H3,12,13,14);1H. The molecule has 0 aromatic carbocycles. The van der Waals surface area contributed by atoms with E-state index in [0.29, 0.717) is 23.4 Å². The van der Waals surface area contributed by atoms with Crippen LogP contribution in [0.2, 0.25) is 0 Å². The van der Waals surface area contributed by atoms with Crippen molar-refractivity contribution in [2.75, 3.05) is 24.6 Å². The Morgan fingerprint density at radius 1 is 1.39 bits per heavy atom. The maximum atomic E-state index is 11.2. The summed E-state index contributed by atoms with van der Waals surface area (Å²) in [5, 5.41) is 3.06. The van der Waals surface area contributed by atoms with Gasteiger partial charge in [0.1, 0.15) is 9.84 Å². The van der Waals surface area contributed by atoms with E-state index in [1.807, 2.05) is 0 Å². The molecule has 1 rings (SSSR count). The Hall–Kier alpha value is -0.0500. The first-order valence-electron chi connectivity index (χ1n) is 6.27. The van der Waals surface area contributed by atoms with E-state index < -0.39 is 9.84 Å². The van der Waals surface area contributed by atoms with E-state index in [-0.39, 0.29) is 24.0 Å². The minimum Gasteiger partial charge on any atom is -0.370 e. The molecule has 3 N–H and O–H groups in total. The molecule has 0 spiro atoms. The molecular weight excluding hydrogens is 365 g/mol. The van der Waals surface area contributed by atoms with Gasteiger partial charge in [0.05, 0.1) is 11.5 Å². The monoisotopic (exact) mass is 389 g/mol. The summed E-state index contributed by atoms with van der Waals surface area (Å²) in [4.78, 5) is 4.14. The number of rotatable bonds is 5. The molecular formula is C11H24IN3O2S. The second kappa shape index (κ2) is 8.95. The fraction of sp³-hybridized carbons (Fsp3) is 0.909. The molecule has 1 aliphatic heterocycles. The van der Waals surface area contributed by atoms with Crippen LogP contribution in [0.4, 0.5) is 0 Å². The van der Waals surface area contributed by atoms with Gasteiger partial charge in [0.15, 0.2) is 5.96 Å². The van der Waals surface area contributed by atoms with Gasteiger partial charge >= 0.3 is 0 Å². The number of hydrogen-bond acceptors (Lipinski definition) is 3. The molecule has 1 aliphatic rings. The van der Waals surface area contributed by atoms with Crippen LogP contribution < -0.4 is 11.1 Å². The summed E-state index contributed by atoms with van der Waals surface area (Å²) in [5.41, 5.74) is 5.66. The molecule has 1 heterocycles. The molecule has 1 saturated heterocycles. The highest BCUT2D eigenvalue weighted by Gasteiger charge is 2.22. The minimum absolute atomic E-state index is 0. The first-order valence-corrected chi connectivity index (χ1v) is 8.10. The average molecular weight is 389 g/mol. The van der Waals surface area contributed by atoms with Crippen molar-refractivity contribution in [2.24, 2.45) is 16.6 Å². The second-order valence-corrected chi connectivity index (χ2v) is 6.88. The summed E-state index contributed by atoms with van der Waals surface area (Å²) >= 11 is 0. The van der Waals surface area contributed by atoms with Gasteiger partial charge in [-0.25, -0.2) is 8.42 Å². The van der Waals surface area contributed by atoms with Gasteiger partial charge in [0, 0.05) is 13.1 Å². The van der Waals surface area contributed by atoms with Gasteiger partial charge in [-0.3, -0.25) is 4.99 Å². The summed E-state index contributed by atoms with van der Waals surface area (Å²) in [7, 11) is -2.74. The van der Waals surface area contributed by atoms with Gasteiger partial charge in [0.2, 0.25) is 0 Å². The Labute approximate surface area is 127 Å². The maximum absolute atomic E-state index is 11.2. The van der Waals surface area contributed by atoms with E-state index in [4.69, 9.17) is 5.73 Å². The molecule has 0 aliphatic carbocycles. The van der Waals surface area contributed by atoms with E-state index in [9.17, 15) is 8.42 Å². The van der Waals surface area contributed by atoms with E-state index in [0.717, 1.165) is 38.8 Å². The molecule has 0 unspecified atom stereocenters. The minimum atomic E-state index is -2.74. The highest BCUT2D eigenvalue weighted by molar-refractivity contribution is 14.0. The van der Waals surface area contributed by atoms with Gasteiger partial charge in [-0.15, -0.1) is 24.0 Å². The lowest BCUT2D eigenvalue weighted by atomic mass is 9.99. The number of nitrogens with two attached hydrogens (primary N) is 1. The molecule has 0 bridgehead atoms. The van der Waals surface area contributed by atoms with E-state index in [1.165, 1.54) is 0 Å². The quantitative estimate of drug-likeness (QED) is 0.420. The number of sulfone groups is 1. The Morgan fingerprint density at radius 2 is 2.00 bits per heavy atom. The van der Waals surface area contributed by atoms with Crippen molar-refractivity contribution >= 4 is 39.8 Å². The highest BCUT2D eigenvalue weighted by Crippen LogP contribution is 2.21. The Bertz CT molecular complexity index is 343. The normalized spacial score (nSPS) is 20.2. The number of nitrogens with one attached hydrogen (secondary N) is 1. The summed E-state index contributed by atoms with van der Waals surface area (Å²) in [5.74, 6) is 1.69. The Kier molecular flexibility index (Phi) is 8.93. The van der Waals surface area contributed by atoms with Crippen LogP contribution in [0.15, 0.2) is 4.99 Å². The second-order valence-electron chi connectivity index (χ2n) is 4.58. The zero-order valence-electron chi connectivity index (χ0n) is 10.9. The summed E-state index contributed by atoms with van der Waals surface area (Å²) in [6.45, 7) is 3.59. The van der Waals surface area contributed by atoms with Gasteiger partial charge in [-0.1, -0.05) is 6.92 Å². The van der Waals surface area contributed by atoms with Crippen molar-refractivity contribution < 1.29 is 8.42 Å². The first kappa shape index (κ1) is 17.9. The van der Waals surface area contributed by atoms with Crippen molar-refractivity contribution in [2.45, 2.75) is 32.6 Å². The lowest BCUT2D eigenvalue weighted by Crippen LogP contribution is -2.34. The summed E-state index contributed by atoms with van der Waals surface area (Å²) in [6.07, 6.45) is 3.53. The maximum Gasteiger partial charge on any atom is 0.188 e. The number of hydrogen-bond donors (Lipinski definition) is 2. The summed E-state index contributed by atoms with van der Waals surface area (Å²) in [6, 6.07) is 0.